The summed E-state index contributed by atoms with van der Waals surface area (Å²) in [6.45, 7) is -0.0598. The first kappa shape index (κ1) is 15.9. The number of benzene rings is 2. The SMILES string of the molecule is O=C(O)c1cc(F)cc(COc2ccc(Cl)c(Cl)c2Cl)c1. The van der Waals surface area contributed by atoms with Crippen LogP contribution in [0.15, 0.2) is 30.3 Å². The van der Waals surface area contributed by atoms with Gasteiger partial charge in [0.25, 0.3) is 0 Å². The summed E-state index contributed by atoms with van der Waals surface area (Å²) in [5.41, 5.74) is 0.198. The Morgan fingerprint density at radius 1 is 1.14 bits per heavy atom. The topological polar surface area (TPSA) is 46.5 Å². The van der Waals surface area contributed by atoms with Gasteiger partial charge in [-0.2, -0.15) is 0 Å². The average molecular weight is 350 g/mol. The number of ether oxygens (including phenoxy) is 1. The zero-order valence-electron chi connectivity index (χ0n) is 10.4. The predicted molar refractivity (Wildman–Crippen MR) is 79.2 cm³/mol. The third-order valence-corrected chi connectivity index (χ3v) is 3.87. The molecule has 0 radical (unpaired) electrons. The summed E-state index contributed by atoms with van der Waals surface area (Å²) in [5, 5.41) is 9.45. The Balaban J connectivity index is 2.21. The minimum absolute atomic E-state index is 0.0598. The minimum Gasteiger partial charge on any atom is -0.487 e. The van der Waals surface area contributed by atoms with E-state index in [0.29, 0.717) is 5.56 Å². The Labute approximate surface area is 134 Å². The molecule has 21 heavy (non-hydrogen) atoms. The molecule has 0 heterocycles. The number of hydrogen-bond acceptors (Lipinski definition) is 2. The van der Waals surface area contributed by atoms with Gasteiger partial charge < -0.3 is 9.84 Å². The van der Waals surface area contributed by atoms with Crippen molar-refractivity contribution in [3.05, 3.63) is 62.3 Å². The fraction of sp³-hybridized carbons (Fsp3) is 0.0714. The Bertz CT molecular complexity index is 704. The molecule has 110 valence electrons. The van der Waals surface area contributed by atoms with Crippen molar-refractivity contribution in [1.82, 2.24) is 0 Å². The summed E-state index contributed by atoms with van der Waals surface area (Å²) in [6, 6.07) is 6.46. The third kappa shape index (κ3) is 3.79. The molecule has 0 amide bonds. The van der Waals surface area contributed by atoms with Crippen LogP contribution in [-0.4, -0.2) is 11.1 Å². The maximum absolute atomic E-state index is 13.3. The summed E-state index contributed by atoms with van der Waals surface area (Å²) in [7, 11) is 0. The van der Waals surface area contributed by atoms with Crippen LogP contribution in [0.1, 0.15) is 15.9 Å². The van der Waals surface area contributed by atoms with Gasteiger partial charge in [0.05, 0.1) is 15.6 Å². The minimum atomic E-state index is -1.22. The smallest absolute Gasteiger partial charge is 0.335 e. The quantitative estimate of drug-likeness (QED) is 0.785. The number of carbonyl (C=O) groups is 1. The number of carboxylic acids is 1. The van der Waals surface area contributed by atoms with Gasteiger partial charge in [-0.25, -0.2) is 9.18 Å². The maximum Gasteiger partial charge on any atom is 0.335 e. The summed E-state index contributed by atoms with van der Waals surface area (Å²) >= 11 is 17.6. The van der Waals surface area contributed by atoms with Gasteiger partial charge >= 0.3 is 5.97 Å². The van der Waals surface area contributed by atoms with Crippen molar-refractivity contribution in [3.8, 4) is 5.75 Å². The molecule has 3 nitrogen and oxygen atoms in total. The molecule has 0 atom stereocenters. The monoisotopic (exact) mass is 348 g/mol. The maximum atomic E-state index is 13.3. The van der Waals surface area contributed by atoms with Crippen molar-refractivity contribution in [1.29, 1.82) is 0 Å². The van der Waals surface area contributed by atoms with Crippen molar-refractivity contribution in [3.63, 3.8) is 0 Å². The Morgan fingerprint density at radius 3 is 2.52 bits per heavy atom. The second-order valence-corrected chi connectivity index (χ2v) is 5.28. The molecule has 0 bridgehead atoms. The first-order chi connectivity index (χ1) is 9.88. The largest absolute Gasteiger partial charge is 0.487 e. The lowest BCUT2D eigenvalue weighted by atomic mass is 10.1. The van der Waals surface area contributed by atoms with Crippen LogP contribution in [0.2, 0.25) is 15.1 Å². The van der Waals surface area contributed by atoms with E-state index in [2.05, 4.69) is 0 Å². The molecular formula is C14H8Cl3FO3. The van der Waals surface area contributed by atoms with Crippen molar-refractivity contribution in [2.24, 2.45) is 0 Å². The number of halogens is 4. The fourth-order valence-electron chi connectivity index (χ4n) is 1.64. The van der Waals surface area contributed by atoms with Crippen molar-refractivity contribution >= 4 is 40.8 Å². The van der Waals surface area contributed by atoms with Gasteiger partial charge in [-0.1, -0.05) is 34.8 Å². The zero-order chi connectivity index (χ0) is 15.6. The molecule has 0 unspecified atom stereocenters. The number of carboxylic acid groups (broad SMARTS) is 1. The Hall–Kier alpha value is -1.49. The van der Waals surface area contributed by atoms with E-state index in [1.54, 1.807) is 0 Å². The van der Waals surface area contributed by atoms with Crippen LogP contribution in [0.5, 0.6) is 5.75 Å². The van der Waals surface area contributed by atoms with Crippen LogP contribution in [0, 0.1) is 5.82 Å². The molecule has 0 aliphatic carbocycles. The number of rotatable bonds is 4. The number of aromatic carboxylic acids is 1. The van der Waals surface area contributed by atoms with E-state index in [4.69, 9.17) is 44.6 Å². The van der Waals surface area contributed by atoms with Gasteiger partial charge in [0, 0.05) is 0 Å². The lowest BCUT2D eigenvalue weighted by Crippen LogP contribution is -2.02. The number of hydrogen-bond donors (Lipinski definition) is 1. The second kappa shape index (κ2) is 6.52. The first-order valence-corrected chi connectivity index (χ1v) is 6.81. The van der Waals surface area contributed by atoms with Crippen LogP contribution < -0.4 is 4.74 Å². The molecule has 7 heteroatoms. The summed E-state index contributed by atoms with van der Waals surface area (Å²) in [5.74, 6) is -1.61. The normalized spacial score (nSPS) is 10.5. The van der Waals surface area contributed by atoms with Crippen molar-refractivity contribution < 1.29 is 19.0 Å². The van der Waals surface area contributed by atoms with E-state index in [1.165, 1.54) is 24.3 Å². The molecular weight excluding hydrogens is 342 g/mol. The van der Waals surface area contributed by atoms with Crippen LogP contribution in [0.3, 0.4) is 0 Å². The lowest BCUT2D eigenvalue weighted by Gasteiger charge is -2.10. The van der Waals surface area contributed by atoms with E-state index < -0.39 is 11.8 Å². The summed E-state index contributed by atoms with van der Waals surface area (Å²) in [6.07, 6.45) is 0. The molecule has 0 aliphatic rings. The van der Waals surface area contributed by atoms with E-state index in [1.807, 2.05) is 0 Å². The van der Waals surface area contributed by atoms with E-state index in [-0.39, 0.29) is 33.0 Å². The van der Waals surface area contributed by atoms with Crippen LogP contribution >= 0.6 is 34.8 Å². The van der Waals surface area contributed by atoms with Gasteiger partial charge in [-0.15, -0.1) is 0 Å². The van der Waals surface area contributed by atoms with Gasteiger partial charge in [-0.3, -0.25) is 0 Å². The average Bonchev–Trinajstić information content (AvgIpc) is 2.43. The second-order valence-electron chi connectivity index (χ2n) is 4.12. The van der Waals surface area contributed by atoms with Gasteiger partial charge in [0.2, 0.25) is 0 Å². The summed E-state index contributed by atoms with van der Waals surface area (Å²) in [4.78, 5) is 10.9. The Morgan fingerprint density at radius 2 is 1.86 bits per heavy atom. The molecule has 0 aliphatic heterocycles. The standard InChI is InChI=1S/C14H8Cl3FO3/c15-10-1-2-11(13(17)12(10)16)21-6-7-3-8(14(19)20)5-9(18)4-7/h1-5H,6H2,(H,19,20). The zero-order valence-corrected chi connectivity index (χ0v) is 12.6. The van der Waals surface area contributed by atoms with Crippen molar-refractivity contribution in [2.45, 2.75) is 6.61 Å². The predicted octanol–water partition coefficient (Wildman–Crippen LogP) is 5.06. The van der Waals surface area contributed by atoms with E-state index in [0.717, 1.165) is 6.07 Å². The first-order valence-electron chi connectivity index (χ1n) is 5.67. The molecule has 0 saturated carbocycles. The Kier molecular flexibility index (Phi) is 4.93. The molecule has 0 saturated heterocycles. The molecule has 0 aromatic heterocycles. The molecule has 1 N–H and O–H groups in total. The summed E-state index contributed by atoms with van der Waals surface area (Å²) < 4.78 is 18.7. The van der Waals surface area contributed by atoms with E-state index >= 15 is 0 Å². The highest BCUT2D eigenvalue weighted by Gasteiger charge is 2.11. The van der Waals surface area contributed by atoms with Crippen LogP contribution in [0.4, 0.5) is 4.39 Å². The molecule has 0 spiro atoms. The highest BCUT2D eigenvalue weighted by atomic mass is 35.5. The van der Waals surface area contributed by atoms with Gasteiger partial charge in [0.15, 0.2) is 0 Å². The van der Waals surface area contributed by atoms with Crippen LogP contribution in [-0.2, 0) is 6.61 Å². The molecule has 0 fully saturated rings. The molecule has 2 aromatic carbocycles. The lowest BCUT2D eigenvalue weighted by molar-refractivity contribution is 0.0696. The molecule has 2 aromatic rings. The highest BCUT2D eigenvalue weighted by molar-refractivity contribution is 6.48. The fourth-order valence-corrected chi connectivity index (χ4v) is 2.22. The van der Waals surface area contributed by atoms with E-state index in [9.17, 15) is 9.18 Å². The van der Waals surface area contributed by atoms with Gasteiger partial charge in [-0.05, 0) is 35.9 Å². The van der Waals surface area contributed by atoms with Crippen LogP contribution in [0.25, 0.3) is 0 Å². The van der Waals surface area contributed by atoms with Gasteiger partial charge in [0.1, 0.15) is 23.2 Å². The molecule has 2 rings (SSSR count). The van der Waals surface area contributed by atoms with Crippen molar-refractivity contribution in [2.75, 3.05) is 0 Å². The highest BCUT2D eigenvalue weighted by Crippen LogP contribution is 2.37. The third-order valence-electron chi connectivity index (χ3n) is 2.60.